The van der Waals surface area contributed by atoms with Gasteiger partial charge in [0.1, 0.15) is 0 Å². The van der Waals surface area contributed by atoms with E-state index >= 15 is 0 Å². The van der Waals surface area contributed by atoms with Crippen molar-refractivity contribution in [2.24, 2.45) is 22.7 Å². The molecule has 0 radical (unpaired) electrons. The number of amides is 1. The molecule has 4 heteroatoms. The normalized spacial score (nSPS) is 46.2. The number of hydrogen-bond donors (Lipinski definition) is 1. The molecule has 2 unspecified atom stereocenters. The zero-order chi connectivity index (χ0) is 20.4. The lowest BCUT2D eigenvalue weighted by Crippen LogP contribution is -2.65. The Balaban J connectivity index is 1.33. The van der Waals surface area contributed by atoms with Gasteiger partial charge in [-0.05, 0) is 99.1 Å². The lowest BCUT2D eigenvalue weighted by atomic mass is 9.38. The van der Waals surface area contributed by atoms with E-state index in [-0.39, 0.29) is 22.9 Å². The molecule has 1 amide bonds. The second-order valence-corrected chi connectivity index (χ2v) is 11.6. The highest BCUT2D eigenvalue weighted by molar-refractivity contribution is 5.84. The van der Waals surface area contributed by atoms with Crippen LogP contribution in [0.1, 0.15) is 63.4 Å². The van der Waals surface area contributed by atoms with Gasteiger partial charge in [-0.15, -0.1) is 0 Å². The Bertz CT molecular complexity index is 822. The minimum Gasteiger partial charge on any atom is -0.351 e. The van der Waals surface area contributed by atoms with E-state index in [0.717, 1.165) is 38.6 Å². The van der Waals surface area contributed by atoms with E-state index in [2.05, 4.69) is 40.5 Å². The maximum Gasteiger partial charge on any atom is 0.226 e. The number of rotatable bonds is 5. The van der Waals surface area contributed by atoms with E-state index in [1.165, 1.54) is 37.9 Å². The average molecular weight is 411 g/mol. The van der Waals surface area contributed by atoms with Crippen LogP contribution in [0.3, 0.4) is 0 Å². The van der Waals surface area contributed by atoms with Gasteiger partial charge >= 0.3 is 0 Å². The SMILES string of the molecule is O=C(N[C@H]1CN2CCC1CC2)C12CC3C[C@](CCF)(C1)C[C@@](c1ccccc1)(C3)C2. The van der Waals surface area contributed by atoms with E-state index in [0.29, 0.717) is 30.2 Å². The zero-order valence-corrected chi connectivity index (χ0v) is 18.0. The Morgan fingerprint density at radius 3 is 2.57 bits per heavy atom. The predicted octanol–water partition coefficient (Wildman–Crippen LogP) is 4.46. The summed E-state index contributed by atoms with van der Waals surface area (Å²) in [6, 6.07) is 11.2. The molecule has 0 spiro atoms. The van der Waals surface area contributed by atoms with E-state index in [9.17, 15) is 9.18 Å². The highest BCUT2D eigenvalue weighted by Gasteiger charge is 2.65. The van der Waals surface area contributed by atoms with Crippen molar-refractivity contribution >= 4 is 5.91 Å². The highest BCUT2D eigenvalue weighted by atomic mass is 19.1. The van der Waals surface area contributed by atoms with Gasteiger partial charge < -0.3 is 10.2 Å². The summed E-state index contributed by atoms with van der Waals surface area (Å²) in [6.45, 7) is 3.16. The first-order valence-corrected chi connectivity index (χ1v) is 12.2. The molecule has 1 aromatic rings. The first kappa shape index (κ1) is 19.3. The molecule has 7 aliphatic rings. The summed E-state index contributed by atoms with van der Waals surface area (Å²) in [5, 5.41) is 3.56. The lowest BCUT2D eigenvalue weighted by molar-refractivity contribution is -0.166. The molecule has 8 rings (SSSR count). The van der Waals surface area contributed by atoms with Crippen LogP contribution >= 0.6 is 0 Å². The molecule has 4 aliphatic carbocycles. The van der Waals surface area contributed by atoms with Crippen molar-refractivity contribution in [3.05, 3.63) is 35.9 Å². The zero-order valence-electron chi connectivity index (χ0n) is 18.0. The Labute approximate surface area is 179 Å². The summed E-state index contributed by atoms with van der Waals surface area (Å²) in [5.41, 5.74) is 1.16. The number of nitrogens with zero attached hydrogens (tertiary/aromatic N) is 1. The van der Waals surface area contributed by atoms with Gasteiger partial charge in [0.05, 0.1) is 12.1 Å². The van der Waals surface area contributed by atoms with Crippen LogP contribution in [-0.2, 0) is 10.2 Å². The van der Waals surface area contributed by atoms with Gasteiger partial charge in [0.15, 0.2) is 0 Å². The van der Waals surface area contributed by atoms with Crippen molar-refractivity contribution in [2.75, 3.05) is 26.3 Å². The van der Waals surface area contributed by atoms with Gasteiger partial charge in [0.2, 0.25) is 5.91 Å². The fourth-order valence-electron chi connectivity index (χ4n) is 8.93. The molecular formula is C26H35FN2O. The van der Waals surface area contributed by atoms with Gasteiger partial charge in [0.25, 0.3) is 0 Å². The Morgan fingerprint density at radius 2 is 1.87 bits per heavy atom. The number of carbonyl (C=O) groups is 1. The largest absolute Gasteiger partial charge is 0.351 e. The molecule has 30 heavy (non-hydrogen) atoms. The quantitative estimate of drug-likeness (QED) is 0.777. The van der Waals surface area contributed by atoms with E-state index in [1.807, 2.05) is 0 Å². The van der Waals surface area contributed by atoms with Crippen molar-refractivity contribution in [3.8, 4) is 0 Å². The van der Waals surface area contributed by atoms with Crippen molar-refractivity contribution in [3.63, 3.8) is 0 Å². The van der Waals surface area contributed by atoms with Crippen LogP contribution in [0.25, 0.3) is 0 Å². The number of halogens is 1. The predicted molar refractivity (Wildman–Crippen MR) is 116 cm³/mol. The van der Waals surface area contributed by atoms with Crippen LogP contribution in [0.5, 0.6) is 0 Å². The second kappa shape index (κ2) is 6.79. The molecule has 6 bridgehead atoms. The van der Waals surface area contributed by atoms with Crippen molar-refractivity contribution in [1.82, 2.24) is 10.2 Å². The number of benzene rings is 1. The lowest BCUT2D eigenvalue weighted by Gasteiger charge is -2.66. The van der Waals surface area contributed by atoms with E-state index in [1.54, 1.807) is 0 Å². The fraction of sp³-hybridized carbons (Fsp3) is 0.731. The van der Waals surface area contributed by atoms with Crippen LogP contribution in [-0.4, -0.2) is 43.2 Å². The number of nitrogens with one attached hydrogen (secondary N) is 1. The van der Waals surface area contributed by atoms with E-state index < -0.39 is 0 Å². The maximum absolute atomic E-state index is 13.9. The van der Waals surface area contributed by atoms with Crippen LogP contribution < -0.4 is 5.32 Å². The number of piperidine rings is 3. The van der Waals surface area contributed by atoms with Gasteiger partial charge in [-0.2, -0.15) is 0 Å². The number of fused-ring (bicyclic) bond motifs is 3. The van der Waals surface area contributed by atoms with Crippen molar-refractivity contribution in [1.29, 1.82) is 0 Å². The summed E-state index contributed by atoms with van der Waals surface area (Å²) < 4.78 is 13.7. The monoisotopic (exact) mass is 410 g/mol. The minimum atomic E-state index is -0.295. The van der Waals surface area contributed by atoms with Gasteiger partial charge in [-0.25, -0.2) is 0 Å². The fourth-order valence-corrected chi connectivity index (χ4v) is 8.93. The summed E-state index contributed by atoms with van der Waals surface area (Å²) >= 11 is 0. The van der Waals surface area contributed by atoms with Crippen LogP contribution in [0.15, 0.2) is 30.3 Å². The molecule has 4 saturated carbocycles. The van der Waals surface area contributed by atoms with Crippen LogP contribution in [0.4, 0.5) is 4.39 Å². The first-order valence-electron chi connectivity index (χ1n) is 12.2. The summed E-state index contributed by atoms with van der Waals surface area (Å²) in [7, 11) is 0. The van der Waals surface area contributed by atoms with Gasteiger partial charge in [-0.3, -0.25) is 9.18 Å². The molecule has 0 aromatic heterocycles. The molecular weight excluding hydrogens is 375 g/mol. The van der Waals surface area contributed by atoms with Crippen molar-refractivity contribution < 1.29 is 9.18 Å². The molecule has 162 valence electrons. The second-order valence-electron chi connectivity index (χ2n) is 11.6. The molecule has 7 fully saturated rings. The number of alkyl halides is 1. The third-order valence-electron chi connectivity index (χ3n) is 9.65. The molecule has 1 N–H and O–H groups in total. The number of hydrogen-bond acceptors (Lipinski definition) is 2. The molecule has 3 aliphatic heterocycles. The average Bonchev–Trinajstić information content (AvgIpc) is 2.74. The van der Waals surface area contributed by atoms with Crippen LogP contribution in [0.2, 0.25) is 0 Å². The Kier molecular flexibility index (Phi) is 4.36. The first-order chi connectivity index (χ1) is 14.5. The maximum atomic E-state index is 13.9. The summed E-state index contributed by atoms with van der Waals surface area (Å²) in [5.74, 6) is 1.51. The smallest absolute Gasteiger partial charge is 0.226 e. The van der Waals surface area contributed by atoms with E-state index in [4.69, 9.17) is 0 Å². The van der Waals surface area contributed by atoms with Gasteiger partial charge in [-0.1, -0.05) is 30.3 Å². The third-order valence-corrected chi connectivity index (χ3v) is 9.65. The van der Waals surface area contributed by atoms with Crippen LogP contribution in [0, 0.1) is 22.7 Å². The molecule has 3 heterocycles. The molecule has 3 saturated heterocycles. The summed E-state index contributed by atoms with van der Waals surface area (Å²) in [4.78, 5) is 16.5. The highest BCUT2D eigenvalue weighted by Crippen LogP contribution is 2.71. The Morgan fingerprint density at radius 1 is 1.07 bits per heavy atom. The van der Waals surface area contributed by atoms with Crippen molar-refractivity contribution in [2.45, 2.75) is 69.2 Å². The molecule has 3 nitrogen and oxygen atoms in total. The Hall–Kier alpha value is -1.42. The summed E-state index contributed by atoms with van der Waals surface area (Å²) in [6.07, 6.45) is 9.33. The minimum absolute atomic E-state index is 0.0103. The van der Waals surface area contributed by atoms with Gasteiger partial charge in [0, 0.05) is 12.6 Å². The molecule has 5 atom stereocenters. The topological polar surface area (TPSA) is 32.3 Å². The number of carbonyl (C=O) groups excluding carboxylic acids is 1. The molecule has 1 aromatic carbocycles. The third kappa shape index (κ3) is 2.89. The standard InChI is InChI=1S/C26H35FN2O/c27-9-8-24-12-19-13-25(16-24,21-4-2-1-3-5-21)18-26(14-19,17-24)23(30)28-22-15-29-10-6-20(22)7-11-29/h1-5,19-20,22H,6-18H2,(H,28,30)/t19?,22-,24-,25-,26?/m0/s1.